The molecule has 11 heteroatoms. The molecule has 2 unspecified atom stereocenters. The van der Waals surface area contributed by atoms with E-state index in [0.29, 0.717) is 16.7 Å². The van der Waals surface area contributed by atoms with E-state index in [2.05, 4.69) is 5.32 Å². The molecule has 1 N–H and O–H groups in total. The quantitative estimate of drug-likeness (QED) is 0.384. The van der Waals surface area contributed by atoms with Crippen LogP contribution in [0.25, 0.3) is 5.70 Å². The number of alkyl halides is 3. The number of aryl methyl sites for hydroxylation is 1. The summed E-state index contributed by atoms with van der Waals surface area (Å²) in [5, 5.41) is 2.21. The number of Topliss-reactive ketones (excluding diaryl/α,β-unsaturated/α-hetero) is 1. The van der Waals surface area contributed by atoms with Gasteiger partial charge in [0.2, 0.25) is 5.91 Å². The molecule has 0 aliphatic carbocycles. The molecule has 43 heavy (non-hydrogen) atoms. The van der Waals surface area contributed by atoms with Gasteiger partial charge in [-0.05, 0) is 17.0 Å². The predicted octanol–water partition coefficient (Wildman–Crippen LogP) is 3.68. The van der Waals surface area contributed by atoms with Crippen LogP contribution in [0.1, 0.15) is 35.3 Å². The minimum absolute atomic E-state index is 0.217. The summed E-state index contributed by atoms with van der Waals surface area (Å²) in [5.74, 6) is -4.44. The number of ketones is 1. The lowest BCUT2D eigenvalue weighted by atomic mass is 9.96. The number of hydrogen-bond acceptors (Lipinski definition) is 4. The second-order valence-corrected chi connectivity index (χ2v) is 10.6. The number of rotatable bonds is 9. The normalized spacial score (nSPS) is 16.1. The molecule has 3 amide bonds. The summed E-state index contributed by atoms with van der Waals surface area (Å²) in [6.45, 7) is 2.85. The van der Waals surface area contributed by atoms with Gasteiger partial charge in [0.1, 0.15) is 25.7 Å². The van der Waals surface area contributed by atoms with Gasteiger partial charge in [0.25, 0.3) is 17.6 Å². The van der Waals surface area contributed by atoms with Gasteiger partial charge in [-0.1, -0.05) is 74.5 Å². The van der Waals surface area contributed by atoms with Crippen molar-refractivity contribution in [3.05, 3.63) is 108 Å². The number of amides is 3. The molecule has 0 radical (unpaired) electrons. The number of carbonyl (C=O) groups is 4. The highest BCUT2D eigenvalue weighted by Gasteiger charge is 2.45. The van der Waals surface area contributed by atoms with Crippen molar-refractivity contribution in [2.75, 3.05) is 6.54 Å². The molecular weight excluding hydrogens is 561 g/mol. The second kappa shape index (κ2) is 13.0. The van der Waals surface area contributed by atoms with Crippen molar-refractivity contribution in [3.8, 4) is 0 Å². The predicted molar refractivity (Wildman–Crippen MR) is 152 cm³/mol. The number of nitrogens with one attached hydrogen (secondary N) is 1. The lowest BCUT2D eigenvalue weighted by molar-refractivity contribution is -0.671. The molecule has 3 aromatic rings. The third-order valence-electron chi connectivity index (χ3n) is 7.05. The van der Waals surface area contributed by atoms with Crippen molar-refractivity contribution >= 4 is 29.2 Å². The Balaban J connectivity index is 1.69. The van der Waals surface area contributed by atoms with E-state index in [1.54, 1.807) is 111 Å². The second-order valence-electron chi connectivity index (χ2n) is 10.6. The fourth-order valence-corrected chi connectivity index (χ4v) is 4.91. The lowest BCUT2D eigenvalue weighted by Crippen LogP contribution is -2.57. The molecule has 8 nitrogen and oxygen atoms in total. The molecule has 0 spiro atoms. The highest BCUT2D eigenvalue weighted by Crippen LogP contribution is 2.31. The van der Waals surface area contributed by atoms with Gasteiger partial charge in [0, 0.05) is 24.8 Å². The molecule has 0 fully saturated rings. The van der Waals surface area contributed by atoms with Crippen molar-refractivity contribution in [2.45, 2.75) is 38.5 Å². The number of carbonyl (C=O) groups excluding carboxylic acids is 4. The van der Waals surface area contributed by atoms with Crippen molar-refractivity contribution < 1.29 is 36.9 Å². The van der Waals surface area contributed by atoms with E-state index in [9.17, 15) is 32.3 Å². The largest absolute Gasteiger partial charge is 0.452 e. The average molecular weight is 594 g/mol. The van der Waals surface area contributed by atoms with Crippen molar-refractivity contribution in [1.29, 1.82) is 0 Å². The van der Waals surface area contributed by atoms with Gasteiger partial charge in [0.05, 0.1) is 11.3 Å². The number of benzene rings is 2. The van der Waals surface area contributed by atoms with Gasteiger partial charge >= 0.3 is 6.18 Å². The van der Waals surface area contributed by atoms with Crippen LogP contribution in [0.15, 0.2) is 91.4 Å². The van der Waals surface area contributed by atoms with Gasteiger partial charge in [-0.2, -0.15) is 13.2 Å². The maximum atomic E-state index is 14.0. The smallest absolute Gasteiger partial charge is 0.344 e. The zero-order valence-electron chi connectivity index (χ0n) is 23.9. The highest BCUT2D eigenvalue weighted by molar-refractivity contribution is 6.04. The van der Waals surface area contributed by atoms with Crippen LogP contribution in [0.3, 0.4) is 0 Å². The number of hydrogen-bond donors (Lipinski definition) is 1. The monoisotopic (exact) mass is 593 g/mol. The molecule has 0 saturated heterocycles. The van der Waals surface area contributed by atoms with Crippen LogP contribution in [0.5, 0.6) is 0 Å². The molecular formula is C32H32F3N4O4+. The van der Waals surface area contributed by atoms with E-state index in [0.717, 1.165) is 4.90 Å². The first kappa shape index (κ1) is 31.1. The molecule has 0 saturated carbocycles. The Labute approximate surface area is 247 Å². The van der Waals surface area contributed by atoms with Crippen LogP contribution in [0.4, 0.5) is 13.2 Å². The lowest BCUT2D eigenvalue weighted by Gasteiger charge is -2.41. The van der Waals surface area contributed by atoms with E-state index < -0.39 is 48.3 Å². The van der Waals surface area contributed by atoms with Crippen LogP contribution < -0.4 is 9.88 Å². The number of halogens is 3. The molecule has 2 heterocycles. The molecule has 2 atom stereocenters. The van der Waals surface area contributed by atoms with E-state index in [1.165, 1.54) is 11.1 Å². The third-order valence-corrected chi connectivity index (χ3v) is 7.05. The Morgan fingerprint density at radius 3 is 2.07 bits per heavy atom. The molecule has 1 aliphatic heterocycles. The SMILES string of the molecule is CC(C)C1C(=O)N(CC(=O)NC(Cc2ccccc2)C(=O)C(F)(F)F)C(c2ccccc2)=CN1C(=O)c1cc[n+](C)cc1. The first-order valence-electron chi connectivity index (χ1n) is 13.7. The zero-order valence-corrected chi connectivity index (χ0v) is 23.9. The maximum Gasteiger partial charge on any atom is 0.452 e. The molecule has 0 bridgehead atoms. The van der Waals surface area contributed by atoms with Gasteiger partial charge in [-0.25, -0.2) is 4.57 Å². The summed E-state index contributed by atoms with van der Waals surface area (Å²) in [6, 6.07) is 17.0. The topological polar surface area (TPSA) is 90.7 Å². The standard InChI is InChI=1S/C32H31F3N4O4/c1-21(2)28-31(43)38(20-27(40)36-25(29(41)32(33,34)35)18-22-10-6-4-7-11-22)26(23-12-8-5-9-13-23)19-39(28)30(42)24-14-16-37(3)17-15-24/h4-17,19,21,25,28H,18,20H2,1-3H3/p+1. The van der Waals surface area contributed by atoms with Crippen LogP contribution >= 0.6 is 0 Å². The van der Waals surface area contributed by atoms with E-state index in [-0.39, 0.29) is 18.0 Å². The number of pyridine rings is 1. The highest BCUT2D eigenvalue weighted by atomic mass is 19.4. The van der Waals surface area contributed by atoms with Gasteiger partial charge < -0.3 is 10.2 Å². The molecule has 1 aromatic heterocycles. The third kappa shape index (κ3) is 7.35. The summed E-state index contributed by atoms with van der Waals surface area (Å²) in [7, 11) is 1.80. The zero-order chi connectivity index (χ0) is 31.3. The van der Waals surface area contributed by atoms with E-state index >= 15 is 0 Å². The minimum Gasteiger partial charge on any atom is -0.344 e. The van der Waals surface area contributed by atoms with Gasteiger partial charge in [-0.3, -0.25) is 24.1 Å². The summed E-state index contributed by atoms with van der Waals surface area (Å²) in [6.07, 6.45) is -0.662. The maximum absolute atomic E-state index is 14.0. The first-order valence-corrected chi connectivity index (χ1v) is 13.7. The van der Waals surface area contributed by atoms with Crippen molar-refractivity contribution in [2.24, 2.45) is 13.0 Å². The van der Waals surface area contributed by atoms with Gasteiger partial charge in [-0.15, -0.1) is 0 Å². The molecule has 224 valence electrons. The molecule has 2 aromatic carbocycles. The summed E-state index contributed by atoms with van der Waals surface area (Å²) in [5.41, 5.74) is 1.50. The van der Waals surface area contributed by atoms with E-state index in [4.69, 9.17) is 0 Å². The number of nitrogens with zero attached hydrogens (tertiary/aromatic N) is 3. The van der Waals surface area contributed by atoms with Gasteiger partial charge in [0.15, 0.2) is 12.4 Å². The summed E-state index contributed by atoms with van der Waals surface area (Å²) >= 11 is 0. The van der Waals surface area contributed by atoms with Crippen LogP contribution in [-0.4, -0.2) is 58.1 Å². The fraction of sp³-hybridized carbons (Fsp3) is 0.281. The van der Waals surface area contributed by atoms with Crippen molar-refractivity contribution in [3.63, 3.8) is 0 Å². The summed E-state index contributed by atoms with van der Waals surface area (Å²) in [4.78, 5) is 55.7. The fourth-order valence-electron chi connectivity index (χ4n) is 4.91. The van der Waals surface area contributed by atoms with Crippen LogP contribution in [0, 0.1) is 5.92 Å². The van der Waals surface area contributed by atoms with E-state index in [1.807, 2.05) is 0 Å². The van der Waals surface area contributed by atoms with Crippen molar-refractivity contribution in [1.82, 2.24) is 15.1 Å². The Hall–Kier alpha value is -4.80. The Bertz CT molecular complexity index is 1510. The Kier molecular flexibility index (Phi) is 9.43. The molecule has 1 aliphatic rings. The Morgan fingerprint density at radius 2 is 1.51 bits per heavy atom. The average Bonchev–Trinajstić information content (AvgIpc) is 2.97. The first-order chi connectivity index (χ1) is 20.4. The Morgan fingerprint density at radius 1 is 0.930 bits per heavy atom. The van der Waals surface area contributed by atoms with Crippen LogP contribution in [-0.2, 0) is 27.9 Å². The van der Waals surface area contributed by atoms with Crippen LogP contribution in [0.2, 0.25) is 0 Å². The minimum atomic E-state index is -5.18. The number of aromatic nitrogens is 1. The molecule has 4 rings (SSSR count). The summed E-state index contributed by atoms with van der Waals surface area (Å²) < 4.78 is 42.2.